The Balaban J connectivity index is 1.75. The number of ether oxygens (including phenoxy) is 1. The fraction of sp³-hybridized carbons (Fsp3) is 0.611. The number of rotatable bonds is 7. The predicted molar refractivity (Wildman–Crippen MR) is 100 cm³/mol. The van der Waals surface area contributed by atoms with E-state index in [1.165, 1.54) is 0 Å². The molecule has 1 aliphatic heterocycles. The molecule has 1 aromatic heterocycles. The number of nitrogens with zero attached hydrogens (tertiary/aromatic N) is 2. The van der Waals surface area contributed by atoms with Crippen LogP contribution in [0.25, 0.3) is 0 Å². The molecule has 1 aromatic rings. The van der Waals surface area contributed by atoms with Crippen molar-refractivity contribution in [1.29, 1.82) is 0 Å². The zero-order valence-corrected chi connectivity index (χ0v) is 16.2. The maximum absolute atomic E-state index is 12.0. The normalized spacial score (nSPS) is 14.8. The third kappa shape index (κ3) is 6.01. The van der Waals surface area contributed by atoms with Gasteiger partial charge in [-0.2, -0.15) is 0 Å². The van der Waals surface area contributed by atoms with Gasteiger partial charge in [-0.1, -0.05) is 6.07 Å². The van der Waals surface area contributed by atoms with Crippen LogP contribution in [0.1, 0.15) is 31.6 Å². The predicted octanol–water partition coefficient (Wildman–Crippen LogP) is 1.88. The van der Waals surface area contributed by atoms with Gasteiger partial charge in [0.05, 0.1) is 13.0 Å². The molecule has 1 N–H and O–H groups in total. The summed E-state index contributed by atoms with van der Waals surface area (Å²) in [6, 6.07) is 3.95. The van der Waals surface area contributed by atoms with Gasteiger partial charge in [0, 0.05) is 44.0 Å². The summed E-state index contributed by atoms with van der Waals surface area (Å²) in [7, 11) is 0. The average Bonchev–Trinajstić information content (AvgIpc) is 3.12. The van der Waals surface area contributed by atoms with Gasteiger partial charge in [0.1, 0.15) is 0 Å². The summed E-state index contributed by atoms with van der Waals surface area (Å²) in [5, 5.41) is 4.83. The summed E-state index contributed by atoms with van der Waals surface area (Å²) >= 11 is 1.56. The Morgan fingerprint density at radius 3 is 2.65 bits per heavy atom. The maximum atomic E-state index is 12.0. The monoisotopic (exact) mass is 381 g/mol. The highest BCUT2D eigenvalue weighted by Gasteiger charge is 2.28. The van der Waals surface area contributed by atoms with E-state index in [-0.39, 0.29) is 23.9 Å². The van der Waals surface area contributed by atoms with Gasteiger partial charge in [-0.05, 0) is 31.2 Å². The Kier molecular flexibility index (Phi) is 7.90. The van der Waals surface area contributed by atoms with Crippen LogP contribution in [0, 0.1) is 0 Å². The van der Waals surface area contributed by atoms with E-state index in [4.69, 9.17) is 4.74 Å². The molecular formula is C18H27N3O4S. The number of likely N-dealkylation sites (tertiary alicyclic amines) is 1. The minimum atomic E-state index is -0.291. The van der Waals surface area contributed by atoms with E-state index >= 15 is 0 Å². The SMILES string of the molecule is CCOC(=O)N1CCC(N(CCNC(=O)Cc2cccs2)C(C)=O)CC1. The van der Waals surface area contributed by atoms with Crippen molar-refractivity contribution in [1.82, 2.24) is 15.1 Å². The molecule has 0 atom stereocenters. The molecule has 0 aromatic carbocycles. The van der Waals surface area contributed by atoms with Crippen LogP contribution >= 0.6 is 11.3 Å². The third-order valence-electron chi connectivity index (χ3n) is 4.43. The van der Waals surface area contributed by atoms with Crippen molar-refractivity contribution in [3.05, 3.63) is 22.4 Å². The molecule has 1 saturated heterocycles. The molecule has 0 aliphatic carbocycles. The summed E-state index contributed by atoms with van der Waals surface area (Å²) in [6.07, 6.45) is 1.53. The first kappa shape index (κ1) is 20.2. The summed E-state index contributed by atoms with van der Waals surface area (Å²) in [6.45, 7) is 5.77. The molecular weight excluding hydrogens is 354 g/mol. The highest BCUT2D eigenvalue weighted by molar-refractivity contribution is 7.10. The lowest BCUT2D eigenvalue weighted by molar-refractivity contribution is -0.132. The highest BCUT2D eigenvalue weighted by Crippen LogP contribution is 2.17. The van der Waals surface area contributed by atoms with Crippen molar-refractivity contribution in [2.45, 2.75) is 39.2 Å². The van der Waals surface area contributed by atoms with Crippen molar-refractivity contribution >= 4 is 29.2 Å². The zero-order chi connectivity index (χ0) is 18.9. The lowest BCUT2D eigenvalue weighted by Crippen LogP contribution is -2.50. The first-order valence-corrected chi connectivity index (χ1v) is 9.87. The van der Waals surface area contributed by atoms with Gasteiger partial charge in [0.25, 0.3) is 0 Å². The van der Waals surface area contributed by atoms with Gasteiger partial charge in [-0.3, -0.25) is 9.59 Å². The molecule has 1 aliphatic rings. The lowest BCUT2D eigenvalue weighted by Gasteiger charge is -2.37. The molecule has 26 heavy (non-hydrogen) atoms. The molecule has 2 rings (SSSR count). The van der Waals surface area contributed by atoms with Crippen LogP contribution in [-0.4, -0.2) is 66.5 Å². The molecule has 0 saturated carbocycles. The second kappa shape index (κ2) is 10.2. The van der Waals surface area contributed by atoms with Crippen LogP contribution in [0.2, 0.25) is 0 Å². The van der Waals surface area contributed by atoms with Gasteiger partial charge in [-0.15, -0.1) is 11.3 Å². The van der Waals surface area contributed by atoms with Crippen LogP contribution in [0.5, 0.6) is 0 Å². The minimum Gasteiger partial charge on any atom is -0.450 e. The molecule has 144 valence electrons. The molecule has 8 heteroatoms. The van der Waals surface area contributed by atoms with Gasteiger partial charge >= 0.3 is 6.09 Å². The Bertz CT molecular complexity index is 598. The smallest absolute Gasteiger partial charge is 0.409 e. The van der Waals surface area contributed by atoms with Crippen molar-refractivity contribution in [2.75, 3.05) is 32.8 Å². The molecule has 1 fully saturated rings. The topological polar surface area (TPSA) is 79.0 Å². The van der Waals surface area contributed by atoms with Crippen molar-refractivity contribution < 1.29 is 19.1 Å². The molecule has 0 radical (unpaired) electrons. The number of carbonyl (C=O) groups excluding carboxylic acids is 3. The van der Waals surface area contributed by atoms with Gasteiger partial charge < -0.3 is 19.9 Å². The number of thiophene rings is 1. The van der Waals surface area contributed by atoms with E-state index in [2.05, 4.69) is 5.32 Å². The van der Waals surface area contributed by atoms with Crippen LogP contribution in [-0.2, 0) is 20.7 Å². The van der Waals surface area contributed by atoms with Gasteiger partial charge in [-0.25, -0.2) is 4.79 Å². The molecule has 0 spiro atoms. The summed E-state index contributed by atoms with van der Waals surface area (Å²) in [5.41, 5.74) is 0. The molecule has 7 nitrogen and oxygen atoms in total. The average molecular weight is 381 g/mol. The van der Waals surface area contributed by atoms with Crippen LogP contribution in [0.15, 0.2) is 17.5 Å². The van der Waals surface area contributed by atoms with E-state index in [9.17, 15) is 14.4 Å². The number of amides is 3. The number of carbonyl (C=O) groups is 3. The minimum absolute atomic E-state index is 0.00732. The van der Waals surface area contributed by atoms with E-state index < -0.39 is 0 Å². The maximum Gasteiger partial charge on any atom is 0.409 e. The van der Waals surface area contributed by atoms with Crippen molar-refractivity contribution in [2.24, 2.45) is 0 Å². The van der Waals surface area contributed by atoms with E-state index in [1.54, 1.807) is 35.0 Å². The van der Waals surface area contributed by atoms with Gasteiger partial charge in [0.15, 0.2) is 0 Å². The number of nitrogens with one attached hydrogen (secondary N) is 1. The van der Waals surface area contributed by atoms with Crippen molar-refractivity contribution in [3.63, 3.8) is 0 Å². The second-order valence-corrected chi connectivity index (χ2v) is 7.27. The Hall–Kier alpha value is -2.09. The van der Waals surface area contributed by atoms with Crippen LogP contribution in [0.3, 0.4) is 0 Å². The summed E-state index contributed by atoms with van der Waals surface area (Å²) in [5.74, 6) is -0.0415. The number of piperidine rings is 1. The zero-order valence-electron chi connectivity index (χ0n) is 15.4. The Morgan fingerprint density at radius 2 is 2.08 bits per heavy atom. The molecule has 2 heterocycles. The van der Waals surface area contributed by atoms with E-state index in [1.807, 2.05) is 17.5 Å². The summed E-state index contributed by atoms with van der Waals surface area (Å²) in [4.78, 5) is 40.2. The molecule has 0 bridgehead atoms. The number of hydrogen-bond donors (Lipinski definition) is 1. The van der Waals surface area contributed by atoms with E-state index in [0.29, 0.717) is 39.2 Å². The largest absolute Gasteiger partial charge is 0.450 e. The Morgan fingerprint density at radius 1 is 1.35 bits per heavy atom. The third-order valence-corrected chi connectivity index (χ3v) is 5.30. The fourth-order valence-electron chi connectivity index (χ4n) is 3.12. The fourth-order valence-corrected chi connectivity index (χ4v) is 3.83. The second-order valence-electron chi connectivity index (χ2n) is 6.24. The molecule has 3 amide bonds. The lowest BCUT2D eigenvalue weighted by atomic mass is 10.0. The Labute approximate surface area is 158 Å². The quantitative estimate of drug-likeness (QED) is 0.782. The van der Waals surface area contributed by atoms with Gasteiger partial charge in [0.2, 0.25) is 11.8 Å². The van der Waals surface area contributed by atoms with Crippen molar-refractivity contribution in [3.8, 4) is 0 Å². The highest BCUT2D eigenvalue weighted by atomic mass is 32.1. The first-order chi connectivity index (χ1) is 12.5. The van der Waals surface area contributed by atoms with E-state index in [0.717, 1.165) is 17.7 Å². The first-order valence-electron chi connectivity index (χ1n) is 8.99. The van der Waals surface area contributed by atoms with Crippen LogP contribution < -0.4 is 5.32 Å². The summed E-state index contributed by atoms with van der Waals surface area (Å²) < 4.78 is 5.02. The van der Waals surface area contributed by atoms with Crippen LogP contribution in [0.4, 0.5) is 4.79 Å². The number of hydrogen-bond acceptors (Lipinski definition) is 5. The molecule has 0 unspecified atom stereocenters. The standard InChI is InChI=1S/C18H27N3O4S/c1-3-25-18(24)20-9-6-15(7-10-20)21(14(2)22)11-8-19-17(23)13-16-5-4-12-26-16/h4-5,12,15H,3,6-11,13H2,1-2H3,(H,19,23).